The Morgan fingerprint density at radius 3 is 2.30 bits per heavy atom. The van der Waals surface area contributed by atoms with Crippen molar-refractivity contribution in [1.29, 1.82) is 0 Å². The first-order valence-electron chi connectivity index (χ1n) is 6.55. The third kappa shape index (κ3) is 3.72. The summed E-state index contributed by atoms with van der Waals surface area (Å²) in [6.45, 7) is 4.22. The highest BCUT2D eigenvalue weighted by molar-refractivity contribution is 6.34. The van der Waals surface area contributed by atoms with Crippen LogP contribution >= 0.6 is 23.2 Å². The average molecular weight is 309 g/mol. The van der Waals surface area contributed by atoms with Gasteiger partial charge in [-0.05, 0) is 38.9 Å². The van der Waals surface area contributed by atoms with Crippen molar-refractivity contribution in [2.75, 3.05) is 7.05 Å². The molecule has 0 saturated carbocycles. The quantitative estimate of drug-likeness (QED) is 0.899. The van der Waals surface area contributed by atoms with Crippen molar-refractivity contribution in [3.8, 4) is 0 Å². The van der Waals surface area contributed by atoms with Gasteiger partial charge in [0.15, 0.2) is 0 Å². The fraction of sp³-hybridized carbons (Fsp3) is 0.312. The SMILES string of the molecule is CNC(Cc1cc(C)cc(C)c1)c1ncc(Cl)cc1Cl. The van der Waals surface area contributed by atoms with Crippen LogP contribution in [0.4, 0.5) is 0 Å². The monoisotopic (exact) mass is 308 g/mol. The second-order valence-electron chi connectivity index (χ2n) is 5.06. The summed E-state index contributed by atoms with van der Waals surface area (Å²) in [6, 6.07) is 8.37. The van der Waals surface area contributed by atoms with Gasteiger partial charge in [-0.3, -0.25) is 4.98 Å². The summed E-state index contributed by atoms with van der Waals surface area (Å²) >= 11 is 12.1. The molecule has 0 amide bonds. The van der Waals surface area contributed by atoms with E-state index in [-0.39, 0.29) is 6.04 Å². The summed E-state index contributed by atoms with van der Waals surface area (Å²) in [5, 5.41) is 4.43. The number of aryl methyl sites for hydroxylation is 2. The number of halogens is 2. The van der Waals surface area contributed by atoms with E-state index in [0.29, 0.717) is 10.0 Å². The Morgan fingerprint density at radius 1 is 1.10 bits per heavy atom. The molecular formula is C16H18Cl2N2. The largest absolute Gasteiger partial charge is 0.311 e. The highest BCUT2D eigenvalue weighted by Gasteiger charge is 2.16. The molecule has 0 aliphatic carbocycles. The van der Waals surface area contributed by atoms with Crippen molar-refractivity contribution in [3.05, 3.63) is 62.9 Å². The molecular weight excluding hydrogens is 291 g/mol. The van der Waals surface area contributed by atoms with E-state index in [1.165, 1.54) is 16.7 Å². The molecule has 20 heavy (non-hydrogen) atoms. The van der Waals surface area contributed by atoms with Crippen LogP contribution in [0.2, 0.25) is 10.0 Å². The third-order valence-electron chi connectivity index (χ3n) is 3.24. The van der Waals surface area contributed by atoms with Crippen LogP contribution in [-0.4, -0.2) is 12.0 Å². The minimum atomic E-state index is 0.0703. The molecule has 0 bridgehead atoms. The molecule has 0 saturated heterocycles. The van der Waals surface area contributed by atoms with E-state index in [0.717, 1.165) is 12.1 Å². The second kappa shape index (κ2) is 6.57. The molecule has 0 radical (unpaired) electrons. The topological polar surface area (TPSA) is 24.9 Å². The minimum Gasteiger partial charge on any atom is -0.311 e. The maximum atomic E-state index is 6.24. The van der Waals surface area contributed by atoms with Crippen LogP contribution < -0.4 is 5.32 Å². The normalized spacial score (nSPS) is 12.4. The number of benzene rings is 1. The molecule has 2 nitrogen and oxygen atoms in total. The average Bonchev–Trinajstić information content (AvgIpc) is 2.35. The van der Waals surface area contributed by atoms with Crippen LogP contribution in [0.3, 0.4) is 0 Å². The lowest BCUT2D eigenvalue weighted by molar-refractivity contribution is 0.576. The van der Waals surface area contributed by atoms with Gasteiger partial charge in [-0.15, -0.1) is 0 Å². The number of hydrogen-bond acceptors (Lipinski definition) is 2. The van der Waals surface area contributed by atoms with E-state index in [4.69, 9.17) is 23.2 Å². The summed E-state index contributed by atoms with van der Waals surface area (Å²) in [5.74, 6) is 0. The van der Waals surface area contributed by atoms with Crippen molar-refractivity contribution < 1.29 is 0 Å². The fourth-order valence-electron chi connectivity index (χ4n) is 2.44. The molecule has 1 atom stereocenters. The van der Waals surface area contributed by atoms with Crippen LogP contribution in [0.5, 0.6) is 0 Å². The number of rotatable bonds is 4. The first-order chi connectivity index (χ1) is 9.49. The Hall–Kier alpha value is -1.09. The van der Waals surface area contributed by atoms with Gasteiger partial charge >= 0.3 is 0 Å². The second-order valence-corrected chi connectivity index (χ2v) is 5.91. The third-order valence-corrected chi connectivity index (χ3v) is 3.75. The molecule has 2 aromatic rings. The summed E-state index contributed by atoms with van der Waals surface area (Å²) < 4.78 is 0. The van der Waals surface area contributed by atoms with E-state index >= 15 is 0 Å². The number of nitrogens with one attached hydrogen (secondary N) is 1. The smallest absolute Gasteiger partial charge is 0.0763 e. The zero-order valence-corrected chi connectivity index (χ0v) is 13.4. The number of likely N-dealkylation sites (N-methyl/N-ethyl adjacent to an activating group) is 1. The number of hydrogen-bond donors (Lipinski definition) is 1. The predicted octanol–water partition coefficient (Wildman–Crippen LogP) is 4.51. The summed E-state index contributed by atoms with van der Waals surface area (Å²) in [5.41, 5.74) is 4.64. The Labute approximate surface area is 130 Å². The van der Waals surface area contributed by atoms with Crippen molar-refractivity contribution in [1.82, 2.24) is 10.3 Å². The van der Waals surface area contributed by atoms with Crippen molar-refractivity contribution >= 4 is 23.2 Å². The van der Waals surface area contributed by atoms with E-state index in [9.17, 15) is 0 Å². The van der Waals surface area contributed by atoms with Crippen molar-refractivity contribution in [2.24, 2.45) is 0 Å². The molecule has 0 spiro atoms. The lowest BCUT2D eigenvalue weighted by Gasteiger charge is -2.18. The van der Waals surface area contributed by atoms with Crippen LogP contribution in [-0.2, 0) is 6.42 Å². The van der Waals surface area contributed by atoms with Gasteiger partial charge in [-0.2, -0.15) is 0 Å². The zero-order chi connectivity index (χ0) is 14.7. The Kier molecular flexibility index (Phi) is 5.03. The van der Waals surface area contributed by atoms with Gasteiger partial charge in [-0.25, -0.2) is 0 Å². The summed E-state index contributed by atoms with van der Waals surface area (Å²) in [6.07, 6.45) is 2.47. The molecule has 106 valence electrons. The molecule has 4 heteroatoms. The molecule has 1 N–H and O–H groups in total. The van der Waals surface area contributed by atoms with Crippen molar-refractivity contribution in [2.45, 2.75) is 26.3 Å². The molecule has 1 aromatic carbocycles. The maximum absolute atomic E-state index is 6.24. The molecule has 0 fully saturated rings. The molecule has 1 heterocycles. The van der Waals surface area contributed by atoms with Gasteiger partial charge < -0.3 is 5.32 Å². The molecule has 1 aromatic heterocycles. The lowest BCUT2D eigenvalue weighted by atomic mass is 9.99. The van der Waals surface area contributed by atoms with Crippen LogP contribution in [0.1, 0.15) is 28.4 Å². The van der Waals surface area contributed by atoms with E-state index in [1.54, 1.807) is 12.3 Å². The predicted molar refractivity (Wildman–Crippen MR) is 85.7 cm³/mol. The van der Waals surface area contributed by atoms with Gasteiger partial charge in [0.05, 0.1) is 21.8 Å². The molecule has 0 aliphatic rings. The Balaban J connectivity index is 2.28. The fourth-order valence-corrected chi connectivity index (χ4v) is 2.95. The van der Waals surface area contributed by atoms with Gasteiger partial charge in [0.2, 0.25) is 0 Å². The van der Waals surface area contributed by atoms with Crippen LogP contribution in [0.25, 0.3) is 0 Å². The van der Waals surface area contributed by atoms with Gasteiger partial charge in [0.1, 0.15) is 0 Å². The number of nitrogens with zero attached hydrogens (tertiary/aromatic N) is 1. The van der Waals surface area contributed by atoms with Crippen LogP contribution in [0, 0.1) is 13.8 Å². The minimum absolute atomic E-state index is 0.0703. The van der Waals surface area contributed by atoms with E-state index in [2.05, 4.69) is 42.3 Å². The first-order valence-corrected chi connectivity index (χ1v) is 7.30. The highest BCUT2D eigenvalue weighted by atomic mass is 35.5. The van der Waals surface area contributed by atoms with E-state index in [1.807, 2.05) is 7.05 Å². The first kappa shape index (κ1) is 15.3. The lowest BCUT2D eigenvalue weighted by Crippen LogP contribution is -2.20. The maximum Gasteiger partial charge on any atom is 0.0763 e. The van der Waals surface area contributed by atoms with Gasteiger partial charge in [0.25, 0.3) is 0 Å². The van der Waals surface area contributed by atoms with Gasteiger partial charge in [0, 0.05) is 6.20 Å². The summed E-state index contributed by atoms with van der Waals surface area (Å²) in [4.78, 5) is 4.36. The Bertz CT molecular complexity index is 591. The van der Waals surface area contributed by atoms with Crippen molar-refractivity contribution in [3.63, 3.8) is 0 Å². The van der Waals surface area contributed by atoms with Crippen LogP contribution in [0.15, 0.2) is 30.5 Å². The molecule has 1 unspecified atom stereocenters. The van der Waals surface area contributed by atoms with E-state index < -0.39 is 0 Å². The summed E-state index contributed by atoms with van der Waals surface area (Å²) in [7, 11) is 1.92. The van der Waals surface area contributed by atoms with Gasteiger partial charge in [-0.1, -0.05) is 52.5 Å². The standard InChI is InChI=1S/C16H18Cl2N2/c1-10-4-11(2)6-12(5-10)7-15(19-3)16-14(18)8-13(17)9-20-16/h4-6,8-9,15,19H,7H2,1-3H3. The Morgan fingerprint density at radius 2 is 1.75 bits per heavy atom. The number of pyridine rings is 1. The zero-order valence-electron chi connectivity index (χ0n) is 11.9. The number of aromatic nitrogens is 1. The highest BCUT2D eigenvalue weighted by Crippen LogP contribution is 2.26. The molecule has 0 aliphatic heterocycles. The molecule has 2 rings (SSSR count).